The fraction of sp³-hybridized carbons (Fsp3) is 0.923. The van der Waals surface area contributed by atoms with Gasteiger partial charge in [0, 0.05) is 5.54 Å². The molecule has 2 unspecified atom stereocenters. The molecule has 1 N–H and O–H groups in total. The lowest BCUT2D eigenvalue weighted by molar-refractivity contribution is -0.136. The Balaban J connectivity index is 2.18. The number of hydrogen-bond acceptors (Lipinski definition) is 2. The summed E-state index contributed by atoms with van der Waals surface area (Å²) in [6.07, 6.45) is 2.72. The van der Waals surface area contributed by atoms with Gasteiger partial charge < -0.3 is 4.90 Å². The Kier molecular flexibility index (Phi) is 2.77. The van der Waals surface area contributed by atoms with Crippen molar-refractivity contribution in [2.24, 2.45) is 11.8 Å². The van der Waals surface area contributed by atoms with E-state index in [1.807, 2.05) is 0 Å². The first kappa shape index (κ1) is 11.9. The van der Waals surface area contributed by atoms with Crippen molar-refractivity contribution >= 4 is 5.91 Å². The van der Waals surface area contributed by atoms with Crippen LogP contribution in [0.4, 0.5) is 0 Å². The SMILES string of the molecule is CC(C)C1NC(C)N(C(C)(C)C2CC2)C1=O. The molecule has 0 aromatic rings. The molecule has 16 heavy (non-hydrogen) atoms. The van der Waals surface area contributed by atoms with Gasteiger partial charge in [0.25, 0.3) is 0 Å². The van der Waals surface area contributed by atoms with Gasteiger partial charge in [-0.15, -0.1) is 0 Å². The highest BCUT2D eigenvalue weighted by molar-refractivity contribution is 5.85. The van der Waals surface area contributed by atoms with E-state index >= 15 is 0 Å². The van der Waals surface area contributed by atoms with Gasteiger partial charge in [0.15, 0.2) is 0 Å². The van der Waals surface area contributed by atoms with Crippen LogP contribution in [0.5, 0.6) is 0 Å². The third-order valence-electron chi connectivity index (χ3n) is 4.18. The predicted octanol–water partition coefficient (Wildman–Crippen LogP) is 1.98. The van der Waals surface area contributed by atoms with E-state index in [0.29, 0.717) is 17.7 Å². The second-order valence-electron chi connectivity index (χ2n) is 6.20. The van der Waals surface area contributed by atoms with Crippen LogP contribution in [0.1, 0.15) is 47.5 Å². The van der Waals surface area contributed by atoms with Crippen molar-refractivity contribution in [1.82, 2.24) is 10.2 Å². The van der Waals surface area contributed by atoms with Gasteiger partial charge in [-0.1, -0.05) is 13.8 Å². The highest BCUT2D eigenvalue weighted by Crippen LogP contribution is 2.44. The van der Waals surface area contributed by atoms with Crippen LogP contribution in [0, 0.1) is 11.8 Å². The van der Waals surface area contributed by atoms with E-state index in [2.05, 4.69) is 44.8 Å². The summed E-state index contributed by atoms with van der Waals surface area (Å²) in [6, 6.07) is 0.00743. The quantitative estimate of drug-likeness (QED) is 0.795. The fourth-order valence-electron chi connectivity index (χ4n) is 2.99. The topological polar surface area (TPSA) is 32.3 Å². The summed E-state index contributed by atoms with van der Waals surface area (Å²) in [5, 5.41) is 3.42. The fourth-order valence-corrected chi connectivity index (χ4v) is 2.99. The lowest BCUT2D eigenvalue weighted by Crippen LogP contribution is -2.51. The lowest BCUT2D eigenvalue weighted by Gasteiger charge is -2.38. The first-order valence-corrected chi connectivity index (χ1v) is 6.45. The molecule has 92 valence electrons. The number of hydrogen-bond donors (Lipinski definition) is 1. The van der Waals surface area contributed by atoms with Crippen LogP contribution in [0.3, 0.4) is 0 Å². The van der Waals surface area contributed by atoms with E-state index in [0.717, 1.165) is 0 Å². The van der Waals surface area contributed by atoms with Crippen LogP contribution in [0.2, 0.25) is 0 Å². The maximum Gasteiger partial charge on any atom is 0.241 e. The Hall–Kier alpha value is -0.570. The molecule has 2 fully saturated rings. The predicted molar refractivity (Wildman–Crippen MR) is 64.9 cm³/mol. The molecule has 0 aromatic heterocycles. The average molecular weight is 224 g/mol. The second-order valence-corrected chi connectivity index (χ2v) is 6.20. The van der Waals surface area contributed by atoms with E-state index in [1.165, 1.54) is 12.8 Å². The zero-order valence-electron chi connectivity index (χ0n) is 11.1. The number of rotatable bonds is 3. The van der Waals surface area contributed by atoms with Crippen molar-refractivity contribution in [2.75, 3.05) is 0 Å². The van der Waals surface area contributed by atoms with E-state index in [1.54, 1.807) is 0 Å². The molecule has 2 aliphatic rings. The van der Waals surface area contributed by atoms with E-state index in [4.69, 9.17) is 0 Å². The minimum atomic E-state index is 0.00743. The molecule has 0 spiro atoms. The highest BCUT2D eigenvalue weighted by atomic mass is 16.2. The Morgan fingerprint density at radius 3 is 2.31 bits per heavy atom. The van der Waals surface area contributed by atoms with Gasteiger partial charge in [0.2, 0.25) is 5.91 Å². The van der Waals surface area contributed by atoms with Gasteiger partial charge in [-0.05, 0) is 45.4 Å². The van der Waals surface area contributed by atoms with Gasteiger partial charge in [-0.2, -0.15) is 0 Å². The van der Waals surface area contributed by atoms with Crippen molar-refractivity contribution < 1.29 is 4.79 Å². The number of nitrogens with zero attached hydrogens (tertiary/aromatic N) is 1. The molecule has 0 radical (unpaired) electrons. The largest absolute Gasteiger partial charge is 0.321 e. The third kappa shape index (κ3) is 1.75. The summed E-state index contributed by atoms with van der Waals surface area (Å²) in [4.78, 5) is 14.5. The first-order valence-electron chi connectivity index (χ1n) is 6.45. The van der Waals surface area contributed by atoms with Crippen molar-refractivity contribution in [3.63, 3.8) is 0 Å². The molecule has 3 nitrogen and oxygen atoms in total. The molecule has 1 saturated heterocycles. The zero-order valence-corrected chi connectivity index (χ0v) is 11.1. The minimum Gasteiger partial charge on any atom is -0.321 e. The molecule has 0 aromatic carbocycles. The minimum absolute atomic E-state index is 0.00743. The van der Waals surface area contributed by atoms with E-state index in [-0.39, 0.29) is 17.7 Å². The van der Waals surface area contributed by atoms with Crippen LogP contribution < -0.4 is 5.32 Å². The molecule has 0 bridgehead atoms. The van der Waals surface area contributed by atoms with Gasteiger partial charge >= 0.3 is 0 Å². The van der Waals surface area contributed by atoms with Crippen molar-refractivity contribution in [3.05, 3.63) is 0 Å². The van der Waals surface area contributed by atoms with Crippen LogP contribution in [0.25, 0.3) is 0 Å². The molecular formula is C13H24N2O. The van der Waals surface area contributed by atoms with Gasteiger partial charge in [0.1, 0.15) is 0 Å². The summed E-state index contributed by atoms with van der Waals surface area (Å²) in [5.74, 6) is 1.36. The number of amides is 1. The molecule has 1 saturated carbocycles. The van der Waals surface area contributed by atoms with Crippen LogP contribution in [0.15, 0.2) is 0 Å². The molecule has 2 atom stereocenters. The Morgan fingerprint density at radius 1 is 1.38 bits per heavy atom. The van der Waals surface area contributed by atoms with Crippen LogP contribution >= 0.6 is 0 Å². The molecule has 1 aliphatic carbocycles. The summed E-state index contributed by atoms with van der Waals surface area (Å²) in [7, 11) is 0. The molecule has 2 rings (SSSR count). The second kappa shape index (κ2) is 3.73. The number of carbonyl (C=O) groups is 1. The van der Waals surface area contributed by atoms with Crippen LogP contribution in [-0.4, -0.2) is 28.6 Å². The Labute approximate surface area is 98.6 Å². The maximum atomic E-state index is 12.4. The van der Waals surface area contributed by atoms with Gasteiger partial charge in [0.05, 0.1) is 12.2 Å². The van der Waals surface area contributed by atoms with Crippen molar-refractivity contribution in [2.45, 2.75) is 65.2 Å². The highest BCUT2D eigenvalue weighted by Gasteiger charge is 2.50. The number of carbonyl (C=O) groups excluding carboxylic acids is 1. The Bertz CT molecular complexity index is 294. The Morgan fingerprint density at radius 2 is 1.94 bits per heavy atom. The molecular weight excluding hydrogens is 200 g/mol. The van der Waals surface area contributed by atoms with Gasteiger partial charge in [-0.3, -0.25) is 10.1 Å². The van der Waals surface area contributed by atoms with Crippen LogP contribution in [-0.2, 0) is 4.79 Å². The number of nitrogens with one attached hydrogen (secondary N) is 1. The molecule has 1 aliphatic heterocycles. The zero-order chi connectivity index (χ0) is 12.1. The normalized spacial score (nSPS) is 31.6. The lowest BCUT2D eigenvalue weighted by atomic mass is 9.94. The van der Waals surface area contributed by atoms with Gasteiger partial charge in [-0.25, -0.2) is 0 Å². The smallest absolute Gasteiger partial charge is 0.241 e. The summed E-state index contributed by atoms with van der Waals surface area (Å²) in [5.41, 5.74) is 0.0210. The summed E-state index contributed by atoms with van der Waals surface area (Å²) >= 11 is 0. The molecule has 1 amide bonds. The molecule has 1 heterocycles. The molecule has 3 heteroatoms. The maximum absolute atomic E-state index is 12.4. The first-order chi connectivity index (χ1) is 7.35. The van der Waals surface area contributed by atoms with E-state index in [9.17, 15) is 4.79 Å². The van der Waals surface area contributed by atoms with Crippen molar-refractivity contribution in [1.29, 1.82) is 0 Å². The van der Waals surface area contributed by atoms with E-state index < -0.39 is 0 Å². The standard InChI is InChI=1S/C13H24N2O/c1-8(2)11-12(16)15(9(3)14-11)13(4,5)10-6-7-10/h8-11,14H,6-7H2,1-5H3. The third-order valence-corrected chi connectivity index (χ3v) is 4.18. The average Bonchev–Trinajstić information content (AvgIpc) is 2.92. The summed E-state index contributed by atoms with van der Waals surface area (Å²) in [6.45, 7) is 10.7. The summed E-state index contributed by atoms with van der Waals surface area (Å²) < 4.78 is 0. The van der Waals surface area contributed by atoms with Crippen molar-refractivity contribution in [3.8, 4) is 0 Å². The monoisotopic (exact) mass is 224 g/mol.